The van der Waals surface area contributed by atoms with Gasteiger partial charge in [-0.25, -0.2) is 13.4 Å². The fourth-order valence-electron chi connectivity index (χ4n) is 3.95. The Labute approximate surface area is 192 Å². The number of carbonyl (C=O) groups excluding carboxylic acids is 1. The number of benzene rings is 1. The van der Waals surface area contributed by atoms with E-state index in [0.717, 1.165) is 25.0 Å². The SMILES string of the molecule is CCn1c(S[C@H](C)C(=O)NC[C@@H]2CCCO2)nc2cc(S(=O)(=O)N3CCOCC3)ccc21. The predicted molar refractivity (Wildman–Crippen MR) is 122 cm³/mol. The van der Waals surface area contributed by atoms with Crippen LogP contribution in [0.4, 0.5) is 0 Å². The summed E-state index contributed by atoms with van der Waals surface area (Å²) in [5.41, 5.74) is 1.46. The number of ether oxygens (including phenoxy) is 2. The summed E-state index contributed by atoms with van der Waals surface area (Å²) in [6.07, 6.45) is 2.11. The molecule has 11 heteroatoms. The second kappa shape index (κ2) is 10.1. The molecule has 0 saturated carbocycles. The van der Waals surface area contributed by atoms with Gasteiger partial charge in [-0.1, -0.05) is 11.8 Å². The molecule has 3 heterocycles. The second-order valence-corrected chi connectivity index (χ2v) is 11.2. The van der Waals surface area contributed by atoms with Crippen molar-refractivity contribution in [1.82, 2.24) is 19.2 Å². The van der Waals surface area contributed by atoms with Gasteiger partial charge in [-0.3, -0.25) is 4.79 Å². The van der Waals surface area contributed by atoms with Crippen molar-refractivity contribution >= 4 is 38.7 Å². The van der Waals surface area contributed by atoms with E-state index in [9.17, 15) is 13.2 Å². The molecule has 176 valence electrons. The van der Waals surface area contributed by atoms with Gasteiger partial charge in [0.2, 0.25) is 15.9 Å². The summed E-state index contributed by atoms with van der Waals surface area (Å²) >= 11 is 1.38. The fraction of sp³-hybridized carbons (Fsp3) is 0.619. The third-order valence-electron chi connectivity index (χ3n) is 5.79. The van der Waals surface area contributed by atoms with E-state index >= 15 is 0 Å². The lowest BCUT2D eigenvalue weighted by Crippen LogP contribution is -2.40. The zero-order chi connectivity index (χ0) is 22.7. The minimum atomic E-state index is -3.59. The number of aryl methyl sites for hydroxylation is 1. The number of hydrogen-bond acceptors (Lipinski definition) is 7. The van der Waals surface area contributed by atoms with Gasteiger partial charge in [0.1, 0.15) is 0 Å². The van der Waals surface area contributed by atoms with E-state index in [2.05, 4.69) is 10.3 Å². The maximum Gasteiger partial charge on any atom is 0.243 e. The van der Waals surface area contributed by atoms with Gasteiger partial charge in [-0.15, -0.1) is 0 Å². The highest BCUT2D eigenvalue weighted by Crippen LogP contribution is 2.29. The lowest BCUT2D eigenvalue weighted by atomic mass is 10.2. The number of carbonyl (C=O) groups is 1. The summed E-state index contributed by atoms with van der Waals surface area (Å²) in [4.78, 5) is 17.5. The van der Waals surface area contributed by atoms with Crippen LogP contribution in [0.15, 0.2) is 28.3 Å². The Bertz CT molecular complexity index is 1060. The highest BCUT2D eigenvalue weighted by atomic mass is 32.2. The van der Waals surface area contributed by atoms with Crippen LogP contribution in [0.25, 0.3) is 11.0 Å². The number of nitrogens with one attached hydrogen (secondary N) is 1. The van der Waals surface area contributed by atoms with Gasteiger partial charge in [0, 0.05) is 32.8 Å². The highest BCUT2D eigenvalue weighted by Gasteiger charge is 2.27. The van der Waals surface area contributed by atoms with Gasteiger partial charge >= 0.3 is 0 Å². The number of hydrogen-bond donors (Lipinski definition) is 1. The van der Waals surface area contributed by atoms with Crippen LogP contribution in [0.5, 0.6) is 0 Å². The van der Waals surface area contributed by atoms with Crippen molar-refractivity contribution in [2.75, 3.05) is 39.5 Å². The zero-order valence-electron chi connectivity index (χ0n) is 18.5. The van der Waals surface area contributed by atoms with Crippen molar-refractivity contribution in [3.63, 3.8) is 0 Å². The minimum absolute atomic E-state index is 0.0595. The molecular formula is C21H30N4O5S2. The normalized spacial score (nSPS) is 21.1. The number of imidazole rings is 1. The van der Waals surface area contributed by atoms with Crippen molar-refractivity contribution in [1.29, 1.82) is 0 Å². The first kappa shape index (κ1) is 23.5. The molecule has 0 unspecified atom stereocenters. The molecule has 2 aliphatic heterocycles. The van der Waals surface area contributed by atoms with Gasteiger partial charge in [-0.05, 0) is 44.9 Å². The lowest BCUT2D eigenvalue weighted by molar-refractivity contribution is -0.120. The minimum Gasteiger partial charge on any atom is -0.379 e. The topological polar surface area (TPSA) is 103 Å². The lowest BCUT2D eigenvalue weighted by Gasteiger charge is -2.26. The van der Waals surface area contributed by atoms with Crippen molar-refractivity contribution < 1.29 is 22.7 Å². The van der Waals surface area contributed by atoms with Crippen LogP contribution in [0.2, 0.25) is 0 Å². The number of sulfonamides is 1. The number of thioether (sulfide) groups is 1. The average Bonchev–Trinajstić information content (AvgIpc) is 3.44. The third kappa shape index (κ3) is 4.96. The smallest absolute Gasteiger partial charge is 0.243 e. The molecule has 2 aliphatic rings. The Hall–Kier alpha value is -1.66. The first-order valence-electron chi connectivity index (χ1n) is 11.0. The van der Waals surface area contributed by atoms with E-state index in [1.165, 1.54) is 16.1 Å². The largest absolute Gasteiger partial charge is 0.379 e. The number of fused-ring (bicyclic) bond motifs is 1. The van der Waals surface area contributed by atoms with Gasteiger partial charge in [0.25, 0.3) is 0 Å². The zero-order valence-corrected chi connectivity index (χ0v) is 20.1. The Morgan fingerprint density at radius 3 is 2.78 bits per heavy atom. The van der Waals surface area contributed by atoms with Crippen molar-refractivity contribution in [2.45, 2.75) is 54.6 Å². The fourth-order valence-corrected chi connectivity index (χ4v) is 6.40. The van der Waals surface area contributed by atoms with Crippen molar-refractivity contribution in [3.8, 4) is 0 Å². The van der Waals surface area contributed by atoms with Crippen LogP contribution in [0.1, 0.15) is 26.7 Å². The Kier molecular flexibility index (Phi) is 7.40. The molecule has 2 fully saturated rings. The molecule has 1 aromatic carbocycles. The van der Waals surface area contributed by atoms with Crippen LogP contribution in [0, 0.1) is 0 Å². The van der Waals surface area contributed by atoms with Crippen molar-refractivity contribution in [3.05, 3.63) is 18.2 Å². The average molecular weight is 483 g/mol. The van der Waals surface area contributed by atoms with Crippen LogP contribution in [0.3, 0.4) is 0 Å². The van der Waals surface area contributed by atoms with Crippen LogP contribution >= 0.6 is 11.8 Å². The monoisotopic (exact) mass is 482 g/mol. The third-order valence-corrected chi connectivity index (χ3v) is 8.77. The molecule has 1 amide bonds. The standard InChI is InChI=1S/C21H30N4O5S2/c1-3-25-19-7-6-17(32(27,28)24-8-11-29-12-9-24)13-18(19)23-21(25)31-15(2)20(26)22-14-16-5-4-10-30-16/h6-7,13,15-16H,3-5,8-12,14H2,1-2H3,(H,22,26)/t15-,16+/m1/s1. The van der Waals surface area contributed by atoms with E-state index in [1.807, 2.05) is 18.4 Å². The molecular weight excluding hydrogens is 452 g/mol. The van der Waals surface area contributed by atoms with E-state index < -0.39 is 10.0 Å². The van der Waals surface area contributed by atoms with E-state index in [0.29, 0.717) is 50.1 Å². The summed E-state index contributed by atoms with van der Waals surface area (Å²) in [5.74, 6) is -0.0595. The summed E-state index contributed by atoms with van der Waals surface area (Å²) in [6, 6.07) is 5.05. The summed E-state index contributed by atoms with van der Waals surface area (Å²) in [6.45, 7) is 7.31. The number of rotatable bonds is 8. The molecule has 4 rings (SSSR count). The molecule has 0 bridgehead atoms. The first-order valence-corrected chi connectivity index (χ1v) is 13.4. The summed E-state index contributed by atoms with van der Waals surface area (Å²) < 4.78 is 40.3. The maximum absolute atomic E-state index is 13.0. The van der Waals surface area contributed by atoms with Crippen LogP contribution in [-0.2, 0) is 30.8 Å². The van der Waals surface area contributed by atoms with Crippen LogP contribution in [-0.4, -0.2) is 79.0 Å². The number of morpholine rings is 1. The Balaban J connectivity index is 1.51. The Morgan fingerprint density at radius 1 is 1.31 bits per heavy atom. The molecule has 0 radical (unpaired) electrons. The molecule has 32 heavy (non-hydrogen) atoms. The van der Waals surface area contributed by atoms with Gasteiger partial charge in [0.15, 0.2) is 5.16 Å². The molecule has 1 N–H and O–H groups in total. The van der Waals surface area contributed by atoms with Gasteiger partial charge < -0.3 is 19.4 Å². The number of aromatic nitrogens is 2. The Morgan fingerprint density at radius 2 is 2.09 bits per heavy atom. The maximum atomic E-state index is 13.0. The summed E-state index contributed by atoms with van der Waals surface area (Å²) in [5, 5.41) is 3.32. The van der Waals surface area contributed by atoms with Gasteiger partial charge in [-0.2, -0.15) is 4.31 Å². The predicted octanol–water partition coefficient (Wildman–Crippen LogP) is 1.85. The van der Waals surface area contributed by atoms with E-state index in [1.54, 1.807) is 18.2 Å². The molecule has 9 nitrogen and oxygen atoms in total. The van der Waals surface area contributed by atoms with Crippen LogP contribution < -0.4 is 5.32 Å². The van der Waals surface area contributed by atoms with Crippen molar-refractivity contribution in [2.24, 2.45) is 0 Å². The molecule has 2 saturated heterocycles. The summed E-state index contributed by atoms with van der Waals surface area (Å²) in [7, 11) is -3.59. The van der Waals surface area contributed by atoms with E-state index in [-0.39, 0.29) is 22.2 Å². The molecule has 2 aromatic rings. The number of amides is 1. The molecule has 1 aromatic heterocycles. The molecule has 2 atom stereocenters. The first-order chi connectivity index (χ1) is 15.4. The second-order valence-electron chi connectivity index (χ2n) is 7.95. The number of nitrogens with zero attached hydrogens (tertiary/aromatic N) is 3. The van der Waals surface area contributed by atoms with Gasteiger partial charge in [0.05, 0.1) is 40.5 Å². The molecule has 0 spiro atoms. The van der Waals surface area contributed by atoms with E-state index in [4.69, 9.17) is 9.47 Å². The highest BCUT2D eigenvalue weighted by molar-refractivity contribution is 8.00. The quantitative estimate of drug-likeness (QED) is 0.573. The molecule has 0 aliphatic carbocycles.